The lowest BCUT2D eigenvalue weighted by molar-refractivity contribution is 0.180. The molecule has 4 nitrogen and oxygen atoms in total. The normalized spacial score (nSPS) is 16.7. The molecule has 0 aromatic heterocycles. The number of ether oxygens (including phenoxy) is 2. The second-order valence-electron chi connectivity index (χ2n) is 3.60. The monoisotopic (exact) mass is 227 g/mol. The molecule has 0 saturated carbocycles. The highest BCUT2D eigenvalue weighted by molar-refractivity contribution is 5.45. The van der Waals surface area contributed by atoms with Crippen molar-refractivity contribution in [2.75, 3.05) is 19.8 Å². The first-order valence-electron chi connectivity index (χ1n) is 5.20. The third kappa shape index (κ3) is 1.96. The molecule has 1 atom stereocenters. The van der Waals surface area contributed by atoms with Crippen molar-refractivity contribution in [1.29, 1.82) is 0 Å². The molecule has 5 heteroatoms. The van der Waals surface area contributed by atoms with E-state index in [-0.39, 0.29) is 17.9 Å². The molecule has 0 fully saturated rings. The molecule has 0 radical (unpaired) electrons. The molecule has 0 aliphatic carbocycles. The van der Waals surface area contributed by atoms with Crippen LogP contribution in [0.15, 0.2) is 12.1 Å². The Morgan fingerprint density at radius 1 is 1.38 bits per heavy atom. The maximum absolute atomic E-state index is 14.0. The molecule has 0 spiro atoms. The fraction of sp³-hybridized carbons (Fsp3) is 0.455. The van der Waals surface area contributed by atoms with Gasteiger partial charge in [0, 0.05) is 18.5 Å². The Morgan fingerprint density at radius 3 is 2.88 bits per heavy atom. The Balaban J connectivity index is 2.41. The summed E-state index contributed by atoms with van der Waals surface area (Å²) in [6, 6.07) is 3.07. The Bertz CT molecular complexity index is 384. The van der Waals surface area contributed by atoms with Gasteiger partial charge in [-0.2, -0.15) is 0 Å². The number of halogens is 1. The molecular formula is C11H14FNO3. The fourth-order valence-electron chi connectivity index (χ4n) is 1.60. The average molecular weight is 227 g/mol. The minimum atomic E-state index is -1.02. The van der Waals surface area contributed by atoms with Gasteiger partial charge in [0.15, 0.2) is 17.3 Å². The van der Waals surface area contributed by atoms with Crippen LogP contribution in [0.4, 0.5) is 4.39 Å². The van der Waals surface area contributed by atoms with E-state index < -0.39 is 11.9 Å². The average Bonchev–Trinajstić information content (AvgIpc) is 2.54. The quantitative estimate of drug-likeness (QED) is 0.790. The van der Waals surface area contributed by atoms with Crippen LogP contribution in [-0.4, -0.2) is 24.9 Å². The van der Waals surface area contributed by atoms with E-state index in [1.807, 2.05) is 0 Å². The zero-order valence-electron chi connectivity index (χ0n) is 8.78. The predicted molar refractivity (Wildman–Crippen MR) is 56.0 cm³/mol. The lowest BCUT2D eigenvalue weighted by Crippen LogP contribution is -2.13. The van der Waals surface area contributed by atoms with Crippen LogP contribution in [0, 0.1) is 5.82 Å². The minimum absolute atomic E-state index is 0.0312. The number of hydrogen-bond acceptors (Lipinski definition) is 4. The van der Waals surface area contributed by atoms with E-state index in [1.54, 1.807) is 6.07 Å². The van der Waals surface area contributed by atoms with Gasteiger partial charge in [0.05, 0.1) is 19.3 Å². The molecule has 3 N–H and O–H groups in total. The van der Waals surface area contributed by atoms with E-state index in [4.69, 9.17) is 15.2 Å². The van der Waals surface area contributed by atoms with Crippen molar-refractivity contribution < 1.29 is 19.0 Å². The van der Waals surface area contributed by atoms with Crippen molar-refractivity contribution in [3.8, 4) is 11.5 Å². The SMILES string of the molecule is NCC(O)c1ccc2c(c1F)OCCCO2. The number of rotatable bonds is 2. The zero-order valence-corrected chi connectivity index (χ0v) is 8.78. The molecule has 1 unspecified atom stereocenters. The minimum Gasteiger partial charge on any atom is -0.489 e. The number of fused-ring (bicyclic) bond motifs is 1. The van der Waals surface area contributed by atoms with Gasteiger partial charge in [-0.1, -0.05) is 0 Å². The molecule has 1 aliphatic rings. The van der Waals surface area contributed by atoms with Crippen LogP contribution in [0.5, 0.6) is 11.5 Å². The van der Waals surface area contributed by atoms with Crippen LogP contribution in [-0.2, 0) is 0 Å². The van der Waals surface area contributed by atoms with E-state index in [2.05, 4.69) is 0 Å². The van der Waals surface area contributed by atoms with Gasteiger partial charge in [-0.3, -0.25) is 0 Å². The Labute approximate surface area is 92.8 Å². The highest BCUT2D eigenvalue weighted by Gasteiger charge is 2.21. The van der Waals surface area contributed by atoms with E-state index in [0.717, 1.165) is 0 Å². The molecule has 16 heavy (non-hydrogen) atoms. The Morgan fingerprint density at radius 2 is 2.12 bits per heavy atom. The van der Waals surface area contributed by atoms with Crippen molar-refractivity contribution >= 4 is 0 Å². The largest absolute Gasteiger partial charge is 0.489 e. The number of nitrogens with two attached hydrogens (primary N) is 1. The van der Waals surface area contributed by atoms with Gasteiger partial charge in [-0.15, -0.1) is 0 Å². The summed E-state index contributed by atoms with van der Waals surface area (Å²) < 4.78 is 24.5. The molecular weight excluding hydrogens is 213 g/mol. The first-order chi connectivity index (χ1) is 7.74. The van der Waals surface area contributed by atoms with E-state index in [1.165, 1.54) is 6.07 Å². The van der Waals surface area contributed by atoms with Crippen molar-refractivity contribution in [3.63, 3.8) is 0 Å². The lowest BCUT2D eigenvalue weighted by atomic mass is 10.1. The van der Waals surface area contributed by atoms with Crippen LogP contribution in [0.1, 0.15) is 18.1 Å². The Hall–Kier alpha value is -1.33. The summed E-state index contributed by atoms with van der Waals surface area (Å²) in [7, 11) is 0. The summed E-state index contributed by atoms with van der Waals surface area (Å²) in [5.74, 6) is -0.136. The topological polar surface area (TPSA) is 64.7 Å². The van der Waals surface area contributed by atoms with Gasteiger partial charge >= 0.3 is 0 Å². The van der Waals surface area contributed by atoms with Crippen molar-refractivity contribution in [3.05, 3.63) is 23.5 Å². The number of hydrogen-bond donors (Lipinski definition) is 2. The lowest BCUT2D eigenvalue weighted by Gasteiger charge is -2.14. The van der Waals surface area contributed by atoms with Crippen LogP contribution < -0.4 is 15.2 Å². The maximum Gasteiger partial charge on any atom is 0.197 e. The van der Waals surface area contributed by atoms with Gasteiger partial charge in [0.2, 0.25) is 0 Å². The molecule has 1 heterocycles. The van der Waals surface area contributed by atoms with Crippen LogP contribution in [0.2, 0.25) is 0 Å². The standard InChI is InChI=1S/C11H14FNO3/c12-10-7(8(14)6-13)2-3-9-11(10)16-5-1-4-15-9/h2-3,8,14H,1,4-6,13H2. The van der Waals surface area contributed by atoms with Gasteiger partial charge in [0.25, 0.3) is 0 Å². The van der Waals surface area contributed by atoms with Crippen LogP contribution in [0.25, 0.3) is 0 Å². The smallest absolute Gasteiger partial charge is 0.197 e. The van der Waals surface area contributed by atoms with Crippen molar-refractivity contribution in [2.45, 2.75) is 12.5 Å². The Kier molecular flexibility index (Phi) is 3.26. The zero-order chi connectivity index (χ0) is 11.5. The predicted octanol–water partition coefficient (Wildman–Crippen LogP) is 0.979. The molecule has 1 aromatic rings. The van der Waals surface area contributed by atoms with Gasteiger partial charge in [-0.05, 0) is 12.1 Å². The summed E-state index contributed by atoms with van der Waals surface area (Å²) in [4.78, 5) is 0. The van der Waals surface area contributed by atoms with E-state index in [9.17, 15) is 9.50 Å². The number of aliphatic hydroxyl groups excluding tert-OH is 1. The summed E-state index contributed by atoms with van der Waals surface area (Å²) in [6.07, 6.45) is -0.305. The van der Waals surface area contributed by atoms with Gasteiger partial charge < -0.3 is 20.3 Å². The first-order valence-corrected chi connectivity index (χ1v) is 5.20. The molecule has 0 bridgehead atoms. The fourth-order valence-corrected chi connectivity index (χ4v) is 1.60. The molecule has 0 amide bonds. The first kappa shape index (κ1) is 11.2. The third-order valence-corrected chi connectivity index (χ3v) is 2.47. The molecule has 2 rings (SSSR count). The number of benzene rings is 1. The summed E-state index contributed by atoms with van der Waals surface area (Å²) >= 11 is 0. The van der Waals surface area contributed by atoms with Crippen LogP contribution in [0.3, 0.4) is 0 Å². The summed E-state index contributed by atoms with van der Waals surface area (Å²) in [5, 5.41) is 9.52. The second kappa shape index (κ2) is 4.67. The van der Waals surface area contributed by atoms with Crippen molar-refractivity contribution in [1.82, 2.24) is 0 Å². The summed E-state index contributed by atoms with van der Waals surface area (Å²) in [5.41, 5.74) is 5.44. The van der Waals surface area contributed by atoms with Crippen LogP contribution >= 0.6 is 0 Å². The van der Waals surface area contributed by atoms with Gasteiger partial charge in [-0.25, -0.2) is 4.39 Å². The molecule has 1 aromatic carbocycles. The molecule has 0 saturated heterocycles. The highest BCUT2D eigenvalue weighted by Crippen LogP contribution is 2.35. The maximum atomic E-state index is 14.0. The highest BCUT2D eigenvalue weighted by atomic mass is 19.1. The van der Waals surface area contributed by atoms with E-state index >= 15 is 0 Å². The van der Waals surface area contributed by atoms with Gasteiger partial charge in [0.1, 0.15) is 0 Å². The number of aliphatic hydroxyl groups is 1. The molecule has 88 valence electrons. The second-order valence-corrected chi connectivity index (χ2v) is 3.60. The van der Waals surface area contributed by atoms with Crippen molar-refractivity contribution in [2.24, 2.45) is 5.73 Å². The molecule has 1 aliphatic heterocycles. The summed E-state index contributed by atoms with van der Waals surface area (Å²) in [6.45, 7) is 0.883. The third-order valence-electron chi connectivity index (χ3n) is 2.47. The van der Waals surface area contributed by atoms with E-state index in [0.29, 0.717) is 25.4 Å².